The van der Waals surface area contributed by atoms with Crippen LogP contribution in [0.1, 0.15) is 37.3 Å². The molecule has 130 valence electrons. The summed E-state index contributed by atoms with van der Waals surface area (Å²) in [4.78, 5) is 14.7. The van der Waals surface area contributed by atoms with E-state index >= 15 is 0 Å². The minimum absolute atomic E-state index is 0.0400. The number of aryl methyl sites for hydroxylation is 1. The van der Waals surface area contributed by atoms with Crippen molar-refractivity contribution in [3.63, 3.8) is 0 Å². The topological polar surface area (TPSA) is 78.8 Å². The second-order valence-electron chi connectivity index (χ2n) is 5.90. The maximum absolute atomic E-state index is 13.1. The molecule has 0 saturated heterocycles. The van der Waals surface area contributed by atoms with Gasteiger partial charge in [-0.25, -0.2) is 0 Å². The Morgan fingerprint density at radius 3 is 2.58 bits per heavy atom. The molecular formula is C16H21N3O3S2. The molecule has 2 rings (SSSR count). The fourth-order valence-electron chi connectivity index (χ4n) is 2.75. The van der Waals surface area contributed by atoms with Crippen molar-refractivity contribution in [2.75, 3.05) is 13.6 Å². The smallest absolute Gasteiger partial charge is 0.316 e. The second kappa shape index (κ2) is 7.40. The van der Waals surface area contributed by atoms with Gasteiger partial charge in [0, 0.05) is 13.6 Å². The van der Waals surface area contributed by atoms with E-state index in [1.807, 2.05) is 13.0 Å². The Bertz CT molecular complexity index is 791. The molecule has 1 fully saturated rings. The van der Waals surface area contributed by atoms with E-state index in [1.54, 1.807) is 31.0 Å². The van der Waals surface area contributed by atoms with Crippen LogP contribution in [0.15, 0.2) is 22.6 Å². The SMILES string of the molecule is CCCN(C(=O)C1(c2ccc(C)c(N=S(=O)=O)c2)CC1)C(=S)NC. The lowest BCUT2D eigenvalue weighted by molar-refractivity contribution is -0.130. The molecule has 8 heteroatoms. The Balaban J connectivity index is 2.42. The molecule has 0 bridgehead atoms. The summed E-state index contributed by atoms with van der Waals surface area (Å²) in [6.45, 7) is 4.33. The van der Waals surface area contributed by atoms with Gasteiger partial charge in [0.25, 0.3) is 0 Å². The zero-order chi connectivity index (χ0) is 17.9. The van der Waals surface area contributed by atoms with Crippen molar-refractivity contribution in [1.82, 2.24) is 10.2 Å². The molecule has 0 radical (unpaired) electrons. The van der Waals surface area contributed by atoms with E-state index in [2.05, 4.69) is 9.68 Å². The van der Waals surface area contributed by atoms with Gasteiger partial charge in [0.05, 0.1) is 11.1 Å². The Morgan fingerprint density at radius 2 is 2.08 bits per heavy atom. The molecular weight excluding hydrogens is 346 g/mol. The summed E-state index contributed by atoms with van der Waals surface area (Å²) in [5.41, 5.74) is 1.29. The van der Waals surface area contributed by atoms with Crippen LogP contribution in [-0.2, 0) is 20.7 Å². The summed E-state index contributed by atoms with van der Waals surface area (Å²) in [5.74, 6) is -0.0400. The van der Waals surface area contributed by atoms with Crippen LogP contribution < -0.4 is 5.32 Å². The number of benzene rings is 1. The van der Waals surface area contributed by atoms with E-state index in [0.717, 1.165) is 30.4 Å². The molecule has 0 atom stereocenters. The van der Waals surface area contributed by atoms with E-state index in [4.69, 9.17) is 12.2 Å². The molecule has 0 spiro atoms. The van der Waals surface area contributed by atoms with E-state index in [0.29, 0.717) is 17.3 Å². The molecule has 1 N–H and O–H groups in total. The highest BCUT2D eigenvalue weighted by Gasteiger charge is 2.53. The Kier molecular flexibility index (Phi) is 5.71. The fraction of sp³-hybridized carbons (Fsp3) is 0.500. The molecule has 1 aliphatic carbocycles. The van der Waals surface area contributed by atoms with Gasteiger partial charge in [-0.1, -0.05) is 19.1 Å². The quantitative estimate of drug-likeness (QED) is 0.809. The van der Waals surface area contributed by atoms with Gasteiger partial charge < -0.3 is 5.32 Å². The number of nitrogens with one attached hydrogen (secondary N) is 1. The van der Waals surface area contributed by atoms with E-state index in [-0.39, 0.29) is 5.91 Å². The summed E-state index contributed by atoms with van der Waals surface area (Å²) in [7, 11) is -0.825. The predicted octanol–water partition coefficient (Wildman–Crippen LogP) is 2.46. The molecule has 1 aliphatic rings. The van der Waals surface area contributed by atoms with Crippen molar-refractivity contribution >= 4 is 39.4 Å². The molecule has 0 aromatic heterocycles. The van der Waals surface area contributed by atoms with Crippen LogP contribution in [0.4, 0.5) is 5.69 Å². The zero-order valence-corrected chi connectivity index (χ0v) is 15.6. The number of carbonyl (C=O) groups is 1. The first-order chi connectivity index (χ1) is 11.4. The summed E-state index contributed by atoms with van der Waals surface area (Å²) in [6, 6.07) is 5.37. The Hall–Kier alpha value is -1.80. The molecule has 6 nitrogen and oxygen atoms in total. The highest BCUT2D eigenvalue weighted by Crippen LogP contribution is 2.50. The number of rotatable bonds is 5. The average Bonchev–Trinajstić information content (AvgIpc) is 3.34. The first-order valence-corrected chi connectivity index (χ1v) is 9.25. The second-order valence-corrected chi connectivity index (χ2v) is 6.91. The molecule has 1 aromatic carbocycles. The third-order valence-corrected chi connectivity index (χ3v) is 5.02. The van der Waals surface area contributed by atoms with Gasteiger partial charge in [-0.3, -0.25) is 9.69 Å². The van der Waals surface area contributed by atoms with E-state index in [1.165, 1.54) is 0 Å². The third kappa shape index (κ3) is 3.64. The van der Waals surface area contributed by atoms with Crippen molar-refractivity contribution in [2.45, 2.75) is 38.5 Å². The number of carbonyl (C=O) groups excluding carboxylic acids is 1. The lowest BCUT2D eigenvalue weighted by atomic mass is 9.92. The van der Waals surface area contributed by atoms with Crippen molar-refractivity contribution < 1.29 is 13.2 Å². The fourth-order valence-corrected chi connectivity index (χ4v) is 3.28. The highest BCUT2D eigenvalue weighted by molar-refractivity contribution is 7.80. The van der Waals surface area contributed by atoms with Crippen molar-refractivity contribution in [2.24, 2.45) is 4.36 Å². The summed E-state index contributed by atoms with van der Waals surface area (Å²) in [5, 5.41) is 3.27. The largest absolute Gasteiger partial charge is 0.365 e. The monoisotopic (exact) mass is 367 g/mol. The summed E-state index contributed by atoms with van der Waals surface area (Å²) >= 11 is 5.26. The van der Waals surface area contributed by atoms with E-state index < -0.39 is 15.9 Å². The van der Waals surface area contributed by atoms with Gasteiger partial charge in [0.1, 0.15) is 0 Å². The van der Waals surface area contributed by atoms with Gasteiger partial charge in [0.2, 0.25) is 5.91 Å². The van der Waals surface area contributed by atoms with Crippen LogP contribution in [0.5, 0.6) is 0 Å². The molecule has 0 unspecified atom stereocenters. The van der Waals surface area contributed by atoms with Crippen LogP contribution in [0.3, 0.4) is 0 Å². The van der Waals surface area contributed by atoms with Crippen molar-refractivity contribution in [3.05, 3.63) is 29.3 Å². The zero-order valence-electron chi connectivity index (χ0n) is 14.0. The maximum atomic E-state index is 13.1. The number of hydrogen-bond donors (Lipinski definition) is 1. The lowest BCUT2D eigenvalue weighted by Gasteiger charge is -2.27. The lowest BCUT2D eigenvalue weighted by Crippen LogP contribution is -2.47. The number of hydrogen-bond acceptors (Lipinski definition) is 5. The molecule has 0 aliphatic heterocycles. The van der Waals surface area contributed by atoms with Gasteiger partial charge in [-0.2, -0.15) is 8.42 Å². The standard InChI is InChI=1S/C16H21N3O3S2/c1-4-9-19(15(23)17-3)14(20)16(7-8-16)12-6-5-11(2)13(10-12)18-24(21)22/h5-6,10H,4,7-9H2,1-3H3,(H,17,23). The van der Waals surface area contributed by atoms with Crippen LogP contribution in [0.2, 0.25) is 0 Å². The Morgan fingerprint density at radius 1 is 1.42 bits per heavy atom. The molecule has 1 amide bonds. The maximum Gasteiger partial charge on any atom is 0.316 e. The van der Waals surface area contributed by atoms with Crippen LogP contribution in [0, 0.1) is 6.92 Å². The van der Waals surface area contributed by atoms with Crippen LogP contribution >= 0.6 is 12.2 Å². The Labute approximate surface area is 148 Å². The normalized spacial score (nSPS) is 14.6. The molecule has 0 heterocycles. The van der Waals surface area contributed by atoms with Crippen molar-refractivity contribution in [3.8, 4) is 0 Å². The first kappa shape index (κ1) is 18.5. The number of amides is 1. The summed E-state index contributed by atoms with van der Waals surface area (Å²) in [6.07, 6.45) is 2.25. The average molecular weight is 367 g/mol. The van der Waals surface area contributed by atoms with Gasteiger partial charge in [-0.05, 0) is 55.6 Å². The van der Waals surface area contributed by atoms with Crippen LogP contribution in [-0.4, -0.2) is 37.9 Å². The minimum Gasteiger partial charge on any atom is -0.365 e. The third-order valence-electron chi connectivity index (χ3n) is 4.25. The molecule has 1 saturated carbocycles. The number of nitrogens with zero attached hydrogens (tertiary/aromatic N) is 2. The predicted molar refractivity (Wildman–Crippen MR) is 96.8 cm³/mol. The minimum atomic E-state index is -2.52. The number of thiocarbonyl (C=S) groups is 1. The summed E-state index contributed by atoms with van der Waals surface area (Å²) < 4.78 is 25.4. The highest BCUT2D eigenvalue weighted by atomic mass is 32.2. The molecule has 1 aromatic rings. The molecule has 24 heavy (non-hydrogen) atoms. The first-order valence-electron chi connectivity index (χ1n) is 7.81. The van der Waals surface area contributed by atoms with Gasteiger partial charge >= 0.3 is 10.5 Å². The van der Waals surface area contributed by atoms with Crippen molar-refractivity contribution in [1.29, 1.82) is 0 Å². The van der Waals surface area contributed by atoms with Gasteiger partial charge in [0.15, 0.2) is 5.11 Å². The van der Waals surface area contributed by atoms with Crippen LogP contribution in [0.25, 0.3) is 0 Å². The van der Waals surface area contributed by atoms with E-state index in [9.17, 15) is 13.2 Å². The van der Waals surface area contributed by atoms with Gasteiger partial charge in [-0.15, -0.1) is 4.36 Å².